The van der Waals surface area contributed by atoms with E-state index in [4.69, 9.17) is 14.7 Å². The molecule has 3 aliphatic heterocycles. The topological polar surface area (TPSA) is 81.0 Å². The molecule has 1 aromatic carbocycles. The lowest BCUT2D eigenvalue weighted by molar-refractivity contribution is -0.0513. The minimum atomic E-state index is -0.512. The summed E-state index contributed by atoms with van der Waals surface area (Å²) in [5.74, 6) is 1.51. The number of hydrogen-bond donors (Lipinski definition) is 2. The van der Waals surface area contributed by atoms with Crippen molar-refractivity contribution in [2.75, 3.05) is 59.5 Å². The van der Waals surface area contributed by atoms with Gasteiger partial charge in [0.05, 0.1) is 19.1 Å². The van der Waals surface area contributed by atoms with Crippen molar-refractivity contribution in [3.63, 3.8) is 0 Å². The molecule has 1 unspecified atom stereocenters. The van der Waals surface area contributed by atoms with Crippen LogP contribution in [0.5, 0.6) is 11.5 Å². The number of piperidine rings is 1. The number of methoxy groups -OCH3 is 1. The van der Waals surface area contributed by atoms with Gasteiger partial charge >= 0.3 is 0 Å². The average molecular weight is 401 g/mol. The third kappa shape index (κ3) is 4.84. The molecule has 0 amide bonds. The molecule has 7 heteroatoms. The summed E-state index contributed by atoms with van der Waals surface area (Å²) in [7, 11) is 1.64. The predicted molar refractivity (Wildman–Crippen MR) is 110 cm³/mol. The van der Waals surface area contributed by atoms with Crippen molar-refractivity contribution >= 4 is 0 Å². The first kappa shape index (κ1) is 20.4. The molecule has 0 aliphatic carbocycles. The van der Waals surface area contributed by atoms with E-state index in [0.29, 0.717) is 23.5 Å². The minimum absolute atomic E-state index is 0.164. The van der Waals surface area contributed by atoms with E-state index in [1.54, 1.807) is 7.11 Å². The van der Waals surface area contributed by atoms with E-state index >= 15 is 0 Å². The Bertz CT molecular complexity index is 730. The van der Waals surface area contributed by atoms with Gasteiger partial charge in [0.25, 0.3) is 0 Å². The smallest absolute Gasteiger partial charge is 0.161 e. The molecule has 0 radical (unpaired) electrons. The van der Waals surface area contributed by atoms with Crippen molar-refractivity contribution < 1.29 is 14.6 Å². The molecule has 1 atom stereocenters. The number of aliphatic hydroxyl groups excluding tert-OH is 1. The highest BCUT2D eigenvalue weighted by atomic mass is 16.5. The van der Waals surface area contributed by atoms with Gasteiger partial charge in [-0.15, -0.1) is 0 Å². The van der Waals surface area contributed by atoms with Crippen molar-refractivity contribution in [2.45, 2.75) is 25.5 Å². The van der Waals surface area contributed by atoms with E-state index in [0.717, 1.165) is 51.4 Å². The van der Waals surface area contributed by atoms with E-state index in [9.17, 15) is 5.11 Å². The molecule has 7 nitrogen and oxygen atoms in total. The number of nitrogens with zero attached hydrogens (tertiary/aromatic N) is 3. The molecule has 1 aromatic rings. The van der Waals surface area contributed by atoms with Crippen LogP contribution in [0.1, 0.15) is 18.4 Å². The highest BCUT2D eigenvalue weighted by Crippen LogP contribution is 2.38. The van der Waals surface area contributed by atoms with Gasteiger partial charge in [-0.3, -0.25) is 9.80 Å². The van der Waals surface area contributed by atoms with Gasteiger partial charge in [-0.25, -0.2) is 0 Å². The molecule has 3 saturated heterocycles. The van der Waals surface area contributed by atoms with Crippen molar-refractivity contribution in [3.05, 3.63) is 23.8 Å². The SMILES string of the molecule is COc1cc(CN2CC(C#N)C2)ccc1OCC(O)CN1CC2(CCNCC2)C1. The highest BCUT2D eigenvalue weighted by molar-refractivity contribution is 5.43. The third-order valence-corrected chi connectivity index (χ3v) is 6.46. The summed E-state index contributed by atoms with van der Waals surface area (Å²) in [4.78, 5) is 4.58. The first-order valence-electron chi connectivity index (χ1n) is 10.6. The number of benzene rings is 1. The third-order valence-electron chi connectivity index (χ3n) is 6.46. The summed E-state index contributed by atoms with van der Waals surface area (Å²) in [5, 5.41) is 22.7. The van der Waals surface area contributed by atoms with Crippen LogP contribution in [0.4, 0.5) is 0 Å². The summed E-state index contributed by atoms with van der Waals surface area (Å²) >= 11 is 0. The van der Waals surface area contributed by atoms with Gasteiger partial charge in [0.2, 0.25) is 0 Å². The van der Waals surface area contributed by atoms with Crippen molar-refractivity contribution in [1.82, 2.24) is 15.1 Å². The van der Waals surface area contributed by atoms with Gasteiger partial charge in [-0.2, -0.15) is 5.26 Å². The fraction of sp³-hybridized carbons (Fsp3) is 0.682. The predicted octanol–water partition coefficient (Wildman–Crippen LogP) is 1.08. The summed E-state index contributed by atoms with van der Waals surface area (Å²) in [6.07, 6.45) is 1.98. The largest absolute Gasteiger partial charge is 0.493 e. The van der Waals surface area contributed by atoms with Crippen LogP contribution in [0, 0.1) is 22.7 Å². The van der Waals surface area contributed by atoms with E-state index in [1.165, 1.54) is 12.8 Å². The van der Waals surface area contributed by atoms with Crippen LogP contribution in [0.25, 0.3) is 0 Å². The van der Waals surface area contributed by atoms with E-state index < -0.39 is 6.10 Å². The number of nitriles is 1. The van der Waals surface area contributed by atoms with E-state index in [-0.39, 0.29) is 12.5 Å². The van der Waals surface area contributed by atoms with Crippen LogP contribution in [-0.2, 0) is 6.54 Å². The number of rotatable bonds is 8. The van der Waals surface area contributed by atoms with Crippen molar-refractivity contribution in [3.8, 4) is 17.6 Å². The zero-order valence-corrected chi connectivity index (χ0v) is 17.3. The van der Waals surface area contributed by atoms with E-state index in [2.05, 4.69) is 21.2 Å². The van der Waals surface area contributed by atoms with Crippen LogP contribution >= 0.6 is 0 Å². The van der Waals surface area contributed by atoms with Crippen LogP contribution < -0.4 is 14.8 Å². The van der Waals surface area contributed by atoms with Gasteiger partial charge in [-0.05, 0) is 49.0 Å². The highest BCUT2D eigenvalue weighted by Gasteiger charge is 2.43. The van der Waals surface area contributed by atoms with Crippen molar-refractivity contribution in [1.29, 1.82) is 5.26 Å². The minimum Gasteiger partial charge on any atom is -0.493 e. The molecule has 0 aromatic heterocycles. The first-order valence-corrected chi connectivity index (χ1v) is 10.6. The zero-order valence-electron chi connectivity index (χ0n) is 17.3. The lowest BCUT2D eigenvalue weighted by Crippen LogP contribution is -2.61. The monoisotopic (exact) mass is 400 g/mol. The average Bonchev–Trinajstić information content (AvgIpc) is 2.68. The van der Waals surface area contributed by atoms with Gasteiger partial charge in [0.15, 0.2) is 11.5 Å². The van der Waals surface area contributed by atoms with Crippen molar-refractivity contribution in [2.24, 2.45) is 11.3 Å². The molecule has 1 spiro atoms. The fourth-order valence-corrected chi connectivity index (χ4v) is 4.81. The number of ether oxygens (including phenoxy) is 2. The molecular weight excluding hydrogens is 368 g/mol. The summed E-state index contributed by atoms with van der Waals surface area (Å²) in [5.41, 5.74) is 1.62. The van der Waals surface area contributed by atoms with Gasteiger partial charge in [0.1, 0.15) is 12.7 Å². The number of nitrogens with one attached hydrogen (secondary N) is 1. The van der Waals surface area contributed by atoms with Gasteiger partial charge in [-0.1, -0.05) is 6.07 Å². The van der Waals surface area contributed by atoms with Crippen LogP contribution in [0.2, 0.25) is 0 Å². The standard InChI is InChI=1S/C22H32N4O3/c1-28-21-8-17(10-25-11-18(9-23)12-25)2-3-20(21)29-14-19(27)13-26-15-22(16-26)4-6-24-7-5-22/h2-3,8,18-19,24,27H,4-7,10-16H2,1H3. The molecular formula is C22H32N4O3. The molecule has 2 N–H and O–H groups in total. The molecule has 4 rings (SSSR count). The van der Waals surface area contributed by atoms with Crippen LogP contribution in [0.15, 0.2) is 18.2 Å². The molecule has 3 fully saturated rings. The molecule has 3 aliphatic rings. The Balaban J connectivity index is 1.22. The lowest BCUT2D eigenvalue weighted by Gasteiger charge is -2.53. The van der Waals surface area contributed by atoms with Gasteiger partial charge in [0, 0.05) is 39.3 Å². The summed E-state index contributed by atoms with van der Waals surface area (Å²) in [6.45, 7) is 7.80. The van der Waals surface area contributed by atoms with Gasteiger partial charge < -0.3 is 19.9 Å². The number of hydrogen-bond acceptors (Lipinski definition) is 7. The second-order valence-corrected chi connectivity index (χ2v) is 8.89. The maximum Gasteiger partial charge on any atom is 0.161 e. The fourth-order valence-electron chi connectivity index (χ4n) is 4.81. The Labute approximate surface area is 173 Å². The maximum atomic E-state index is 10.4. The Morgan fingerprint density at radius 2 is 2.00 bits per heavy atom. The Morgan fingerprint density at radius 1 is 1.24 bits per heavy atom. The first-order chi connectivity index (χ1) is 14.1. The number of aliphatic hydroxyl groups is 1. The summed E-state index contributed by atoms with van der Waals surface area (Å²) in [6, 6.07) is 8.22. The lowest BCUT2D eigenvalue weighted by atomic mass is 9.72. The summed E-state index contributed by atoms with van der Waals surface area (Å²) < 4.78 is 11.4. The molecule has 29 heavy (non-hydrogen) atoms. The Hall–Kier alpha value is -1.85. The Kier molecular flexibility index (Phi) is 6.26. The maximum absolute atomic E-state index is 10.4. The number of β-amino-alcohol motifs (C(OH)–C–C–N with tert-alkyl or cyclic N) is 1. The van der Waals surface area contributed by atoms with Crippen LogP contribution in [-0.4, -0.2) is 80.5 Å². The molecule has 0 bridgehead atoms. The molecule has 158 valence electrons. The molecule has 3 heterocycles. The van der Waals surface area contributed by atoms with Crippen LogP contribution in [0.3, 0.4) is 0 Å². The number of likely N-dealkylation sites (tertiary alicyclic amines) is 2. The normalized spacial score (nSPS) is 23.1. The zero-order chi connectivity index (χ0) is 20.3. The van der Waals surface area contributed by atoms with E-state index in [1.807, 2.05) is 18.2 Å². The molecule has 0 saturated carbocycles. The second kappa shape index (κ2) is 8.88. The second-order valence-electron chi connectivity index (χ2n) is 8.89. The quantitative estimate of drug-likeness (QED) is 0.676. The Morgan fingerprint density at radius 3 is 2.69 bits per heavy atom.